The molecule has 1 aliphatic heterocycles. The van der Waals surface area contributed by atoms with Gasteiger partial charge >= 0.3 is 0 Å². The summed E-state index contributed by atoms with van der Waals surface area (Å²) in [4.78, 5) is 18.1. The summed E-state index contributed by atoms with van der Waals surface area (Å²) >= 11 is 0. The topological polar surface area (TPSA) is 86.3 Å². The fraction of sp³-hybridized carbons (Fsp3) is 0.550. The Hall–Kier alpha value is -2.41. The van der Waals surface area contributed by atoms with Crippen molar-refractivity contribution in [3.8, 4) is 5.75 Å². The quantitative estimate of drug-likeness (QED) is 0.766. The van der Waals surface area contributed by atoms with Gasteiger partial charge in [-0.1, -0.05) is 25.1 Å². The van der Waals surface area contributed by atoms with E-state index in [4.69, 9.17) is 20.6 Å². The number of methoxy groups -OCH3 is 1. The highest BCUT2D eigenvalue weighted by molar-refractivity contribution is 5.75. The second kappa shape index (κ2) is 8.99. The summed E-state index contributed by atoms with van der Waals surface area (Å²) in [5.74, 6) is 2.88. The van der Waals surface area contributed by atoms with Crippen LogP contribution in [0.5, 0.6) is 5.75 Å². The molecule has 0 spiro atoms. The van der Waals surface area contributed by atoms with Gasteiger partial charge in [0.1, 0.15) is 11.6 Å². The van der Waals surface area contributed by atoms with Crippen molar-refractivity contribution in [2.24, 2.45) is 5.73 Å². The molecule has 0 radical (unpaired) electrons. The molecule has 1 amide bonds. The molecule has 146 valence electrons. The Labute approximate surface area is 160 Å². The molecule has 1 fully saturated rings. The molecule has 0 aliphatic carbocycles. The van der Waals surface area contributed by atoms with Gasteiger partial charge in [-0.05, 0) is 38.4 Å². The Morgan fingerprint density at radius 3 is 2.70 bits per heavy atom. The van der Waals surface area contributed by atoms with Crippen LogP contribution in [0.25, 0.3) is 0 Å². The number of nitrogens with zero attached hydrogens (tertiary/aromatic N) is 4. The van der Waals surface area contributed by atoms with Crippen LogP contribution in [0.3, 0.4) is 0 Å². The summed E-state index contributed by atoms with van der Waals surface area (Å²) in [5, 5.41) is 4.78. The predicted molar refractivity (Wildman–Crippen MR) is 104 cm³/mol. The fourth-order valence-corrected chi connectivity index (χ4v) is 3.75. The maximum atomic E-state index is 11.1. The van der Waals surface area contributed by atoms with Gasteiger partial charge in [-0.2, -0.15) is 5.10 Å². The first-order valence-electron chi connectivity index (χ1n) is 9.66. The smallest absolute Gasteiger partial charge is 0.231 e. The molecule has 7 heteroatoms. The average molecular weight is 371 g/mol. The monoisotopic (exact) mass is 371 g/mol. The lowest BCUT2D eigenvalue weighted by Crippen LogP contribution is -2.39. The number of aryl methyl sites for hydroxylation is 1. The van der Waals surface area contributed by atoms with Crippen molar-refractivity contribution in [1.82, 2.24) is 19.7 Å². The number of hydrogen-bond acceptors (Lipinski definition) is 5. The third-order valence-electron chi connectivity index (χ3n) is 5.05. The number of benzene rings is 1. The van der Waals surface area contributed by atoms with E-state index in [1.54, 1.807) is 7.11 Å². The molecule has 2 N–H and O–H groups in total. The van der Waals surface area contributed by atoms with Gasteiger partial charge in [0.25, 0.3) is 0 Å². The van der Waals surface area contributed by atoms with Crippen molar-refractivity contribution in [2.75, 3.05) is 26.7 Å². The predicted octanol–water partition coefficient (Wildman–Crippen LogP) is 1.95. The number of rotatable bonds is 8. The first-order chi connectivity index (χ1) is 13.1. The lowest BCUT2D eigenvalue weighted by Gasteiger charge is -2.30. The van der Waals surface area contributed by atoms with Crippen LogP contribution in [-0.2, 0) is 17.8 Å². The normalized spacial score (nSPS) is 15.8. The van der Waals surface area contributed by atoms with Crippen molar-refractivity contribution in [3.05, 3.63) is 41.5 Å². The first kappa shape index (κ1) is 19.4. The molecule has 7 nitrogen and oxygen atoms in total. The molecule has 27 heavy (non-hydrogen) atoms. The van der Waals surface area contributed by atoms with Gasteiger partial charge in [-0.25, -0.2) is 9.67 Å². The molecule has 0 bridgehead atoms. The number of ether oxygens (including phenoxy) is 1. The van der Waals surface area contributed by atoms with Gasteiger partial charge in [-0.3, -0.25) is 9.69 Å². The summed E-state index contributed by atoms with van der Waals surface area (Å²) < 4.78 is 7.52. The summed E-state index contributed by atoms with van der Waals surface area (Å²) in [6.45, 7) is 5.10. The van der Waals surface area contributed by atoms with Crippen molar-refractivity contribution in [3.63, 3.8) is 0 Å². The molecule has 2 heterocycles. The van der Waals surface area contributed by atoms with Crippen LogP contribution in [0.4, 0.5) is 0 Å². The number of carbonyl (C=O) groups is 1. The molecule has 1 aromatic carbocycles. The van der Waals surface area contributed by atoms with Crippen LogP contribution in [0.1, 0.15) is 49.3 Å². The number of hydrogen-bond donors (Lipinski definition) is 1. The molecular formula is C20H29N5O2. The van der Waals surface area contributed by atoms with E-state index in [2.05, 4.69) is 22.6 Å². The minimum atomic E-state index is -0.262. The van der Waals surface area contributed by atoms with Crippen molar-refractivity contribution in [2.45, 2.75) is 45.1 Å². The van der Waals surface area contributed by atoms with E-state index in [-0.39, 0.29) is 5.91 Å². The van der Waals surface area contributed by atoms with Gasteiger partial charge in [0, 0.05) is 24.4 Å². The zero-order chi connectivity index (χ0) is 19.2. The van der Waals surface area contributed by atoms with Crippen LogP contribution in [-0.4, -0.2) is 52.3 Å². The van der Waals surface area contributed by atoms with Crippen LogP contribution in [0, 0.1) is 0 Å². The molecule has 0 atom stereocenters. The number of likely N-dealkylation sites (tertiary alicyclic amines) is 1. The lowest BCUT2D eigenvalue weighted by molar-refractivity contribution is -0.119. The average Bonchev–Trinajstić information content (AvgIpc) is 3.05. The molecule has 1 saturated heterocycles. The Kier molecular flexibility index (Phi) is 6.45. The number of piperidine rings is 1. The van der Waals surface area contributed by atoms with E-state index >= 15 is 0 Å². The fourth-order valence-electron chi connectivity index (χ4n) is 3.75. The number of carbonyl (C=O) groups excluding carboxylic acids is 1. The summed E-state index contributed by atoms with van der Waals surface area (Å²) in [5.41, 5.74) is 6.41. The SMILES string of the molecule is CCCn1nc(Cc2ccccc2OC)nc1C1CCN(CC(N)=O)CC1. The highest BCUT2D eigenvalue weighted by Crippen LogP contribution is 2.28. The zero-order valence-corrected chi connectivity index (χ0v) is 16.2. The third kappa shape index (κ3) is 4.86. The highest BCUT2D eigenvalue weighted by atomic mass is 16.5. The molecule has 2 aromatic rings. The second-order valence-corrected chi connectivity index (χ2v) is 7.11. The van der Waals surface area contributed by atoms with Crippen LogP contribution < -0.4 is 10.5 Å². The van der Waals surface area contributed by atoms with E-state index in [0.717, 1.165) is 61.9 Å². The van der Waals surface area contributed by atoms with E-state index in [9.17, 15) is 4.79 Å². The molecular weight excluding hydrogens is 342 g/mol. The minimum Gasteiger partial charge on any atom is -0.496 e. The van der Waals surface area contributed by atoms with Gasteiger partial charge in [0.2, 0.25) is 5.91 Å². The standard InChI is InChI=1S/C20H29N5O2/c1-3-10-25-20(15-8-11-24(12-9-15)14-18(21)26)22-19(23-25)13-16-6-4-5-7-17(16)27-2/h4-7,15H,3,8-14H2,1-2H3,(H2,21,26). The summed E-state index contributed by atoms with van der Waals surface area (Å²) in [6.07, 6.45) is 3.63. The second-order valence-electron chi connectivity index (χ2n) is 7.11. The number of nitrogens with two attached hydrogens (primary N) is 1. The third-order valence-corrected chi connectivity index (χ3v) is 5.05. The van der Waals surface area contributed by atoms with Crippen LogP contribution >= 0.6 is 0 Å². The Balaban J connectivity index is 1.75. The van der Waals surface area contributed by atoms with Crippen LogP contribution in [0.2, 0.25) is 0 Å². The lowest BCUT2D eigenvalue weighted by atomic mass is 9.96. The van der Waals surface area contributed by atoms with Gasteiger partial charge < -0.3 is 10.5 Å². The Bertz CT molecular complexity index is 765. The van der Waals surface area contributed by atoms with E-state index < -0.39 is 0 Å². The number of aromatic nitrogens is 3. The van der Waals surface area contributed by atoms with Crippen molar-refractivity contribution >= 4 is 5.91 Å². The molecule has 3 rings (SSSR count). The van der Waals surface area contributed by atoms with Crippen molar-refractivity contribution < 1.29 is 9.53 Å². The number of primary amides is 1. The molecule has 1 aromatic heterocycles. The zero-order valence-electron chi connectivity index (χ0n) is 16.2. The highest BCUT2D eigenvalue weighted by Gasteiger charge is 2.26. The summed E-state index contributed by atoms with van der Waals surface area (Å²) in [7, 11) is 1.69. The molecule has 1 aliphatic rings. The van der Waals surface area contributed by atoms with Gasteiger partial charge in [-0.15, -0.1) is 0 Å². The van der Waals surface area contributed by atoms with E-state index in [1.165, 1.54) is 0 Å². The van der Waals surface area contributed by atoms with Crippen LogP contribution in [0.15, 0.2) is 24.3 Å². The van der Waals surface area contributed by atoms with Crippen molar-refractivity contribution in [1.29, 1.82) is 0 Å². The van der Waals surface area contributed by atoms with E-state index in [0.29, 0.717) is 18.9 Å². The number of amides is 1. The maximum absolute atomic E-state index is 11.1. The van der Waals surface area contributed by atoms with Gasteiger partial charge in [0.15, 0.2) is 5.82 Å². The van der Waals surface area contributed by atoms with Gasteiger partial charge in [0.05, 0.1) is 13.7 Å². The summed E-state index contributed by atoms with van der Waals surface area (Å²) in [6, 6.07) is 8.00. The molecule has 0 saturated carbocycles. The van der Waals surface area contributed by atoms with E-state index in [1.807, 2.05) is 18.2 Å². The Morgan fingerprint density at radius 1 is 1.30 bits per heavy atom. The minimum absolute atomic E-state index is 0.262. The number of para-hydroxylation sites is 1. The Morgan fingerprint density at radius 2 is 2.04 bits per heavy atom. The molecule has 0 unspecified atom stereocenters. The maximum Gasteiger partial charge on any atom is 0.231 e. The largest absolute Gasteiger partial charge is 0.496 e. The first-order valence-corrected chi connectivity index (χ1v) is 9.66.